The molecule has 2 rings (SSSR count). The van der Waals surface area contributed by atoms with Gasteiger partial charge in [-0.1, -0.05) is 0 Å². The van der Waals surface area contributed by atoms with Crippen LogP contribution in [0.15, 0.2) is 22.9 Å². The molecule has 1 unspecified atom stereocenters. The summed E-state index contributed by atoms with van der Waals surface area (Å²) in [5, 5.41) is 0. The Labute approximate surface area is 111 Å². The van der Waals surface area contributed by atoms with Gasteiger partial charge in [0.2, 0.25) is 0 Å². The lowest BCUT2D eigenvalue weighted by atomic mass is 10.1. The number of aromatic nitrogens is 1. The molecule has 4 heteroatoms. The minimum Gasteiger partial charge on any atom is -0.370 e. The van der Waals surface area contributed by atoms with Gasteiger partial charge in [0.05, 0.1) is 11.7 Å². The van der Waals surface area contributed by atoms with Crippen LogP contribution in [0.4, 0.5) is 0 Å². The summed E-state index contributed by atoms with van der Waals surface area (Å²) in [7, 11) is 0. The summed E-state index contributed by atoms with van der Waals surface area (Å²) in [4.78, 5) is 6.63. The highest BCUT2D eigenvalue weighted by atomic mass is 79.9. The highest BCUT2D eigenvalue weighted by Crippen LogP contribution is 2.22. The Morgan fingerprint density at radius 1 is 1.53 bits per heavy atom. The maximum absolute atomic E-state index is 5.90. The molecule has 17 heavy (non-hydrogen) atoms. The number of morpholine rings is 1. The molecule has 0 amide bonds. The minimum absolute atomic E-state index is 0.0584. The van der Waals surface area contributed by atoms with Gasteiger partial charge in [0.15, 0.2) is 0 Å². The van der Waals surface area contributed by atoms with E-state index in [1.165, 1.54) is 5.56 Å². The number of nitrogens with zero attached hydrogens (tertiary/aromatic N) is 2. The van der Waals surface area contributed by atoms with Crippen molar-refractivity contribution >= 4 is 15.9 Å². The molecule has 0 radical (unpaired) electrons. The van der Waals surface area contributed by atoms with Gasteiger partial charge in [-0.15, -0.1) is 0 Å². The van der Waals surface area contributed by atoms with Crippen molar-refractivity contribution in [2.75, 3.05) is 13.1 Å². The molecular formula is C13H19BrN2O. The Morgan fingerprint density at radius 3 is 2.94 bits per heavy atom. The van der Waals surface area contributed by atoms with Crippen LogP contribution < -0.4 is 0 Å². The Hall–Kier alpha value is -0.450. The van der Waals surface area contributed by atoms with Crippen molar-refractivity contribution in [3.05, 3.63) is 28.5 Å². The third kappa shape index (κ3) is 3.76. The molecule has 94 valence electrons. The van der Waals surface area contributed by atoms with Gasteiger partial charge in [-0.2, -0.15) is 0 Å². The lowest BCUT2D eigenvalue weighted by molar-refractivity contribution is -0.130. The first-order valence-electron chi connectivity index (χ1n) is 5.94. The van der Waals surface area contributed by atoms with Gasteiger partial charge in [-0.25, -0.2) is 0 Å². The first kappa shape index (κ1) is 13.0. The summed E-state index contributed by atoms with van der Waals surface area (Å²) in [6.45, 7) is 9.31. The van der Waals surface area contributed by atoms with E-state index in [9.17, 15) is 0 Å². The average Bonchev–Trinajstić information content (AvgIpc) is 2.13. The van der Waals surface area contributed by atoms with Gasteiger partial charge < -0.3 is 4.74 Å². The van der Waals surface area contributed by atoms with Crippen LogP contribution in [-0.4, -0.2) is 34.7 Å². The molecule has 0 bridgehead atoms. The van der Waals surface area contributed by atoms with Gasteiger partial charge in [0.1, 0.15) is 0 Å². The molecule has 3 nitrogen and oxygen atoms in total. The van der Waals surface area contributed by atoms with E-state index in [0.717, 1.165) is 24.1 Å². The number of hydrogen-bond donors (Lipinski definition) is 0. The Bertz CT molecular complexity index is 395. The second kappa shape index (κ2) is 5.04. The van der Waals surface area contributed by atoms with Crippen LogP contribution in [0.3, 0.4) is 0 Å². The van der Waals surface area contributed by atoms with E-state index in [1.807, 2.05) is 12.4 Å². The van der Waals surface area contributed by atoms with E-state index >= 15 is 0 Å². The molecule has 1 aromatic rings. The van der Waals surface area contributed by atoms with Gasteiger partial charge in [-0.05, 0) is 48.3 Å². The summed E-state index contributed by atoms with van der Waals surface area (Å²) in [6.07, 6.45) is 4.03. The number of rotatable bonds is 2. The lowest BCUT2D eigenvalue weighted by Crippen LogP contribution is -2.51. The van der Waals surface area contributed by atoms with Crippen LogP contribution in [-0.2, 0) is 11.3 Å². The average molecular weight is 299 g/mol. The lowest BCUT2D eigenvalue weighted by Gasteiger charge is -2.41. The number of hydrogen-bond acceptors (Lipinski definition) is 3. The fraction of sp³-hybridized carbons (Fsp3) is 0.615. The summed E-state index contributed by atoms with van der Waals surface area (Å²) < 4.78 is 6.94. The topological polar surface area (TPSA) is 25.4 Å². The number of pyridine rings is 1. The van der Waals surface area contributed by atoms with Crippen molar-refractivity contribution in [1.29, 1.82) is 0 Å². The molecule has 1 aliphatic rings. The third-order valence-electron chi connectivity index (χ3n) is 2.81. The summed E-state index contributed by atoms with van der Waals surface area (Å²) in [5.74, 6) is 0. The molecule has 0 spiro atoms. The van der Waals surface area contributed by atoms with Crippen molar-refractivity contribution < 1.29 is 4.74 Å². The fourth-order valence-corrected chi connectivity index (χ4v) is 2.92. The molecule has 0 aliphatic carbocycles. The predicted octanol–water partition coefficient (Wildman–Crippen LogP) is 2.84. The number of halogens is 1. The predicted molar refractivity (Wildman–Crippen MR) is 71.8 cm³/mol. The van der Waals surface area contributed by atoms with E-state index in [2.05, 4.69) is 52.7 Å². The summed E-state index contributed by atoms with van der Waals surface area (Å²) >= 11 is 3.46. The fourth-order valence-electron chi connectivity index (χ4n) is 2.51. The first-order valence-corrected chi connectivity index (χ1v) is 6.73. The molecule has 1 fully saturated rings. The van der Waals surface area contributed by atoms with Gasteiger partial charge >= 0.3 is 0 Å². The van der Waals surface area contributed by atoms with Crippen molar-refractivity contribution in [3.8, 4) is 0 Å². The van der Waals surface area contributed by atoms with Crippen LogP contribution >= 0.6 is 15.9 Å². The zero-order chi connectivity index (χ0) is 12.5. The Kier molecular flexibility index (Phi) is 3.85. The number of ether oxygens (including phenoxy) is 1. The SMILES string of the molecule is CC1CN(Cc2cncc(Br)c2)CC(C)(C)O1. The molecular weight excluding hydrogens is 280 g/mol. The zero-order valence-corrected chi connectivity index (χ0v) is 12.2. The van der Waals surface area contributed by atoms with Crippen LogP contribution in [0.1, 0.15) is 26.3 Å². The van der Waals surface area contributed by atoms with Crippen LogP contribution in [0, 0.1) is 0 Å². The Morgan fingerprint density at radius 2 is 2.29 bits per heavy atom. The molecule has 1 saturated heterocycles. The molecule has 0 N–H and O–H groups in total. The Balaban J connectivity index is 2.03. The largest absolute Gasteiger partial charge is 0.370 e. The molecule has 2 heterocycles. The zero-order valence-electron chi connectivity index (χ0n) is 10.6. The normalized spacial score (nSPS) is 24.8. The highest BCUT2D eigenvalue weighted by Gasteiger charge is 2.31. The standard InChI is InChI=1S/C13H19BrN2O/c1-10-7-16(9-13(2,3)17-10)8-11-4-12(14)6-15-5-11/h4-6,10H,7-9H2,1-3H3. The van der Waals surface area contributed by atoms with Crippen LogP contribution in [0.2, 0.25) is 0 Å². The monoisotopic (exact) mass is 298 g/mol. The highest BCUT2D eigenvalue weighted by molar-refractivity contribution is 9.10. The van der Waals surface area contributed by atoms with Crippen LogP contribution in [0.5, 0.6) is 0 Å². The minimum atomic E-state index is -0.0584. The van der Waals surface area contributed by atoms with Crippen molar-refractivity contribution in [1.82, 2.24) is 9.88 Å². The molecule has 1 aromatic heterocycles. The molecule has 0 aromatic carbocycles. The van der Waals surface area contributed by atoms with Gasteiger partial charge in [0.25, 0.3) is 0 Å². The summed E-state index contributed by atoms with van der Waals surface area (Å²) in [5.41, 5.74) is 1.18. The maximum atomic E-state index is 5.90. The molecule has 1 aliphatic heterocycles. The van der Waals surface area contributed by atoms with E-state index in [1.54, 1.807) is 0 Å². The first-order chi connectivity index (χ1) is 7.94. The van der Waals surface area contributed by atoms with Crippen molar-refractivity contribution in [2.24, 2.45) is 0 Å². The van der Waals surface area contributed by atoms with E-state index < -0.39 is 0 Å². The second-order valence-corrected chi connectivity index (χ2v) is 6.28. The van der Waals surface area contributed by atoms with Crippen molar-refractivity contribution in [3.63, 3.8) is 0 Å². The molecule has 0 saturated carbocycles. The van der Waals surface area contributed by atoms with Crippen LogP contribution in [0.25, 0.3) is 0 Å². The third-order valence-corrected chi connectivity index (χ3v) is 3.24. The van der Waals surface area contributed by atoms with E-state index in [4.69, 9.17) is 4.74 Å². The smallest absolute Gasteiger partial charge is 0.0757 e. The maximum Gasteiger partial charge on any atom is 0.0757 e. The quantitative estimate of drug-likeness (QED) is 0.839. The summed E-state index contributed by atoms with van der Waals surface area (Å²) in [6, 6.07) is 2.13. The van der Waals surface area contributed by atoms with Crippen molar-refractivity contribution in [2.45, 2.75) is 39.0 Å². The molecule has 1 atom stereocenters. The van der Waals surface area contributed by atoms with Gasteiger partial charge in [0, 0.05) is 36.5 Å². The van der Waals surface area contributed by atoms with Gasteiger partial charge in [-0.3, -0.25) is 9.88 Å². The second-order valence-electron chi connectivity index (χ2n) is 5.37. The van der Waals surface area contributed by atoms with E-state index in [-0.39, 0.29) is 5.60 Å². The van der Waals surface area contributed by atoms with E-state index in [0.29, 0.717) is 6.10 Å².